The Kier molecular flexibility index (Phi) is 5.27. The fourth-order valence-electron chi connectivity index (χ4n) is 2.83. The van der Waals surface area contributed by atoms with Crippen molar-refractivity contribution in [1.29, 1.82) is 0 Å². The highest BCUT2D eigenvalue weighted by Crippen LogP contribution is 2.34. The molecule has 0 amide bonds. The Bertz CT molecular complexity index is 915. The number of nitrogens with zero attached hydrogens (tertiary/aromatic N) is 1. The molecule has 0 radical (unpaired) electrons. The number of esters is 1. The molecule has 6 nitrogen and oxygen atoms in total. The van der Waals surface area contributed by atoms with Gasteiger partial charge in [0.05, 0.1) is 23.6 Å². The van der Waals surface area contributed by atoms with E-state index in [2.05, 4.69) is 20.8 Å². The number of hydrazine groups is 1. The van der Waals surface area contributed by atoms with Crippen molar-refractivity contribution in [3.63, 3.8) is 0 Å². The largest absolute Gasteiger partial charge is 0.462 e. The maximum absolute atomic E-state index is 12.2. The van der Waals surface area contributed by atoms with Crippen LogP contribution >= 0.6 is 11.3 Å². The van der Waals surface area contributed by atoms with Crippen LogP contribution in [-0.2, 0) is 4.74 Å². The van der Waals surface area contributed by atoms with Gasteiger partial charge < -0.3 is 9.72 Å². The number of carbonyl (C=O) groups is 1. The first-order chi connectivity index (χ1) is 12.5. The number of aromatic nitrogens is 2. The summed E-state index contributed by atoms with van der Waals surface area (Å²) in [6.07, 6.45) is 0. The van der Waals surface area contributed by atoms with Crippen LogP contribution in [0.3, 0.4) is 0 Å². The lowest BCUT2D eigenvalue weighted by atomic mass is 10.1. The van der Waals surface area contributed by atoms with Gasteiger partial charge in [-0.05, 0) is 45.4 Å². The number of para-hydroxylation sites is 1. The average molecular weight is 370 g/mol. The van der Waals surface area contributed by atoms with Crippen molar-refractivity contribution in [3.8, 4) is 11.4 Å². The number of thiazole rings is 1. The van der Waals surface area contributed by atoms with Gasteiger partial charge in [0, 0.05) is 10.6 Å². The molecule has 26 heavy (non-hydrogen) atoms. The minimum Gasteiger partial charge on any atom is -0.462 e. The van der Waals surface area contributed by atoms with Gasteiger partial charge in [0.1, 0.15) is 5.69 Å². The van der Waals surface area contributed by atoms with Crippen LogP contribution in [0, 0.1) is 20.8 Å². The van der Waals surface area contributed by atoms with Crippen molar-refractivity contribution < 1.29 is 9.53 Å². The molecular weight excluding hydrogens is 348 g/mol. The predicted octanol–water partition coefficient (Wildman–Crippen LogP) is 4.68. The highest BCUT2D eigenvalue weighted by Gasteiger charge is 2.22. The van der Waals surface area contributed by atoms with Gasteiger partial charge in [-0.15, -0.1) is 11.3 Å². The standard InChI is InChI=1S/C19H22N4O2S/c1-5-25-18(24)15-11(2)16(20-12(15)3)17-13(4)26-19(21-17)23-22-14-9-7-6-8-10-14/h6-10,20,22H,5H2,1-4H3,(H,21,23). The molecule has 0 saturated heterocycles. The lowest BCUT2D eigenvalue weighted by Crippen LogP contribution is -2.07. The second-order valence-electron chi connectivity index (χ2n) is 5.89. The van der Waals surface area contributed by atoms with Crippen LogP contribution in [0.4, 0.5) is 10.8 Å². The van der Waals surface area contributed by atoms with Gasteiger partial charge in [0.15, 0.2) is 0 Å². The van der Waals surface area contributed by atoms with Gasteiger partial charge in [0.25, 0.3) is 0 Å². The second-order valence-corrected chi connectivity index (χ2v) is 7.09. The van der Waals surface area contributed by atoms with Gasteiger partial charge >= 0.3 is 5.97 Å². The molecule has 0 aliphatic rings. The van der Waals surface area contributed by atoms with Crippen LogP contribution in [0.25, 0.3) is 11.4 Å². The summed E-state index contributed by atoms with van der Waals surface area (Å²) in [6, 6.07) is 9.83. The van der Waals surface area contributed by atoms with Gasteiger partial charge in [-0.3, -0.25) is 10.9 Å². The molecule has 3 aromatic rings. The van der Waals surface area contributed by atoms with Crippen molar-refractivity contribution in [3.05, 3.63) is 52.0 Å². The minimum absolute atomic E-state index is 0.304. The molecule has 7 heteroatoms. The number of ether oxygens (including phenoxy) is 1. The topological polar surface area (TPSA) is 79.0 Å². The van der Waals surface area contributed by atoms with E-state index in [9.17, 15) is 4.79 Å². The molecule has 0 spiro atoms. The third-order valence-corrected chi connectivity index (χ3v) is 4.92. The van der Waals surface area contributed by atoms with E-state index < -0.39 is 0 Å². The molecule has 0 fully saturated rings. The van der Waals surface area contributed by atoms with Gasteiger partial charge in [-0.25, -0.2) is 9.78 Å². The molecule has 2 heterocycles. The third kappa shape index (κ3) is 3.57. The number of anilines is 2. The Balaban J connectivity index is 1.85. The molecule has 0 unspecified atom stereocenters. The van der Waals surface area contributed by atoms with Crippen molar-refractivity contribution >= 4 is 28.1 Å². The highest BCUT2D eigenvalue weighted by molar-refractivity contribution is 7.16. The van der Waals surface area contributed by atoms with E-state index in [0.29, 0.717) is 12.2 Å². The van der Waals surface area contributed by atoms with E-state index in [1.54, 1.807) is 18.3 Å². The number of nitrogens with one attached hydrogen (secondary N) is 3. The second kappa shape index (κ2) is 7.61. The third-order valence-electron chi connectivity index (χ3n) is 4.04. The number of benzene rings is 1. The Morgan fingerprint density at radius 3 is 2.62 bits per heavy atom. The van der Waals surface area contributed by atoms with E-state index in [-0.39, 0.29) is 5.97 Å². The van der Waals surface area contributed by atoms with Crippen LogP contribution < -0.4 is 10.9 Å². The zero-order valence-corrected chi connectivity index (χ0v) is 16.1. The lowest BCUT2D eigenvalue weighted by Gasteiger charge is -2.05. The van der Waals surface area contributed by atoms with Gasteiger partial charge in [-0.2, -0.15) is 0 Å². The molecule has 0 atom stereocenters. The number of hydrogen-bond donors (Lipinski definition) is 3. The smallest absolute Gasteiger partial charge is 0.340 e. The van der Waals surface area contributed by atoms with Crippen molar-refractivity contribution in [1.82, 2.24) is 9.97 Å². The van der Waals surface area contributed by atoms with E-state index >= 15 is 0 Å². The van der Waals surface area contributed by atoms with Crippen LogP contribution in [0.5, 0.6) is 0 Å². The molecular formula is C19H22N4O2S. The molecule has 3 N–H and O–H groups in total. The monoisotopic (exact) mass is 370 g/mol. The first kappa shape index (κ1) is 18.0. The van der Waals surface area contributed by atoms with Crippen molar-refractivity contribution in [2.45, 2.75) is 27.7 Å². The van der Waals surface area contributed by atoms with Crippen molar-refractivity contribution in [2.75, 3.05) is 17.5 Å². The number of rotatable bonds is 6. The molecule has 1 aromatic carbocycles. The maximum atomic E-state index is 12.2. The minimum atomic E-state index is -0.304. The van der Waals surface area contributed by atoms with E-state index in [1.165, 1.54) is 0 Å². The zero-order valence-electron chi connectivity index (χ0n) is 15.3. The first-order valence-electron chi connectivity index (χ1n) is 8.42. The van der Waals surface area contributed by atoms with Gasteiger partial charge in [-0.1, -0.05) is 18.2 Å². The summed E-state index contributed by atoms with van der Waals surface area (Å²) >= 11 is 1.55. The summed E-state index contributed by atoms with van der Waals surface area (Å²) in [5.74, 6) is -0.304. The van der Waals surface area contributed by atoms with Crippen LogP contribution in [0.15, 0.2) is 30.3 Å². The molecule has 2 aromatic heterocycles. The predicted molar refractivity (Wildman–Crippen MR) is 106 cm³/mol. The fourth-order valence-corrected chi connectivity index (χ4v) is 3.60. The molecule has 0 aliphatic carbocycles. The number of aromatic amines is 1. The Morgan fingerprint density at radius 2 is 1.92 bits per heavy atom. The fraction of sp³-hybridized carbons (Fsp3) is 0.263. The van der Waals surface area contributed by atoms with Crippen molar-refractivity contribution in [2.24, 2.45) is 0 Å². The molecule has 3 rings (SSSR count). The van der Waals surface area contributed by atoms with E-state index in [1.807, 2.05) is 51.1 Å². The first-order valence-corrected chi connectivity index (χ1v) is 9.24. The zero-order chi connectivity index (χ0) is 18.7. The summed E-state index contributed by atoms with van der Waals surface area (Å²) in [4.78, 5) is 21.2. The summed E-state index contributed by atoms with van der Waals surface area (Å²) in [5.41, 5.74) is 11.1. The summed E-state index contributed by atoms with van der Waals surface area (Å²) in [5, 5.41) is 0.755. The van der Waals surface area contributed by atoms with Crippen LogP contribution in [0.1, 0.15) is 33.4 Å². The number of H-pyrrole nitrogens is 1. The molecule has 136 valence electrons. The average Bonchev–Trinajstić information content (AvgIpc) is 3.13. The molecule has 0 bridgehead atoms. The van der Waals surface area contributed by atoms with E-state index in [4.69, 9.17) is 4.74 Å². The number of carbonyl (C=O) groups excluding carboxylic acids is 1. The van der Waals surface area contributed by atoms with Gasteiger partial charge in [0.2, 0.25) is 5.13 Å². The van der Waals surface area contributed by atoms with E-state index in [0.717, 1.165) is 38.3 Å². The Morgan fingerprint density at radius 1 is 1.19 bits per heavy atom. The molecule has 0 aliphatic heterocycles. The highest BCUT2D eigenvalue weighted by atomic mass is 32.1. The number of aryl methyl sites for hydroxylation is 2. The summed E-state index contributed by atoms with van der Waals surface area (Å²) in [6.45, 7) is 7.96. The normalized spacial score (nSPS) is 10.6. The Labute approximate surface area is 156 Å². The quantitative estimate of drug-likeness (QED) is 0.434. The SMILES string of the molecule is CCOC(=O)c1c(C)[nH]c(-c2nc(NNc3ccccc3)sc2C)c1C. The Hall–Kier alpha value is -2.80. The van der Waals surface area contributed by atoms with Crippen LogP contribution in [0.2, 0.25) is 0 Å². The maximum Gasteiger partial charge on any atom is 0.340 e. The summed E-state index contributed by atoms with van der Waals surface area (Å²) < 4.78 is 5.16. The number of hydrogen-bond acceptors (Lipinski definition) is 6. The van der Waals surface area contributed by atoms with Crippen LogP contribution in [-0.4, -0.2) is 22.5 Å². The summed E-state index contributed by atoms with van der Waals surface area (Å²) in [7, 11) is 0. The lowest BCUT2D eigenvalue weighted by molar-refractivity contribution is 0.0525. The molecule has 0 saturated carbocycles.